The minimum Gasteiger partial charge on any atom is -0.450 e. The van der Waals surface area contributed by atoms with Crippen molar-refractivity contribution in [3.05, 3.63) is 30.5 Å². The lowest BCUT2D eigenvalue weighted by molar-refractivity contribution is -0.00294. The van der Waals surface area contributed by atoms with Crippen molar-refractivity contribution in [3.63, 3.8) is 0 Å². The molecule has 5 heterocycles. The second kappa shape index (κ2) is 9.46. The second-order valence-electron chi connectivity index (χ2n) is 10.6. The molecule has 6 rings (SSSR count). The number of nitrogens with zero attached hydrogens (tertiary/aromatic N) is 7. The molecule has 3 aliphatic heterocycles. The van der Waals surface area contributed by atoms with Gasteiger partial charge in [0.1, 0.15) is 11.6 Å². The number of anilines is 2. The van der Waals surface area contributed by atoms with Gasteiger partial charge in [0.25, 0.3) is 0 Å². The summed E-state index contributed by atoms with van der Waals surface area (Å²) in [5, 5.41) is 0. The van der Waals surface area contributed by atoms with Crippen molar-refractivity contribution in [2.45, 2.75) is 38.6 Å². The van der Waals surface area contributed by atoms with Gasteiger partial charge in [-0.05, 0) is 38.7 Å². The van der Waals surface area contributed by atoms with Crippen LogP contribution in [-0.2, 0) is 4.74 Å². The summed E-state index contributed by atoms with van der Waals surface area (Å²) in [6.07, 6.45) is 9.35. The number of piperazine rings is 1. The smallest absolute Gasteiger partial charge is 0.409 e. The Morgan fingerprint density at radius 2 is 1.81 bits per heavy atom. The molecule has 0 aromatic carbocycles. The highest BCUT2D eigenvalue weighted by atomic mass is 19.1. The number of carbonyl (C=O) groups excluding carboxylic acids is 1. The number of carbonyl (C=O) groups is 1. The molecule has 0 N–H and O–H groups in total. The van der Waals surface area contributed by atoms with Gasteiger partial charge in [0.15, 0.2) is 0 Å². The van der Waals surface area contributed by atoms with Crippen LogP contribution >= 0.6 is 0 Å². The van der Waals surface area contributed by atoms with E-state index in [4.69, 9.17) is 4.74 Å². The lowest BCUT2D eigenvalue weighted by Gasteiger charge is -2.48. The second-order valence-corrected chi connectivity index (χ2v) is 10.6. The maximum Gasteiger partial charge on any atom is 0.409 e. The van der Waals surface area contributed by atoms with Crippen molar-refractivity contribution in [2.24, 2.45) is 5.41 Å². The van der Waals surface area contributed by atoms with Crippen LogP contribution in [0, 0.1) is 11.2 Å². The van der Waals surface area contributed by atoms with Crippen LogP contribution < -0.4 is 9.80 Å². The summed E-state index contributed by atoms with van der Waals surface area (Å²) in [6.45, 7) is 9.49. The lowest BCUT2D eigenvalue weighted by Crippen LogP contribution is -2.58. The average molecular weight is 496 g/mol. The number of hydrogen-bond acceptors (Lipinski definition) is 8. The zero-order valence-corrected chi connectivity index (χ0v) is 20.9. The minimum atomic E-state index is -0.354. The van der Waals surface area contributed by atoms with Crippen LogP contribution in [0.3, 0.4) is 0 Å². The molecule has 0 radical (unpaired) electrons. The molecule has 0 unspecified atom stereocenters. The quantitative estimate of drug-likeness (QED) is 0.627. The first-order valence-corrected chi connectivity index (χ1v) is 13.2. The molecule has 4 aliphatic rings. The third-order valence-electron chi connectivity index (χ3n) is 8.31. The van der Waals surface area contributed by atoms with Crippen molar-refractivity contribution < 1.29 is 13.9 Å². The topological polar surface area (TPSA) is 77.9 Å². The first-order chi connectivity index (χ1) is 17.5. The van der Waals surface area contributed by atoms with Crippen LogP contribution in [0.4, 0.5) is 21.0 Å². The number of halogens is 1. The first-order valence-electron chi connectivity index (χ1n) is 13.2. The third kappa shape index (κ3) is 4.36. The molecule has 9 nitrogen and oxygen atoms in total. The molecule has 10 heteroatoms. The first kappa shape index (κ1) is 23.4. The van der Waals surface area contributed by atoms with E-state index < -0.39 is 0 Å². The number of likely N-dealkylation sites (tertiary alicyclic amines) is 1. The summed E-state index contributed by atoms with van der Waals surface area (Å²) in [5.41, 5.74) is 1.80. The number of pyridine rings is 1. The fourth-order valence-electron chi connectivity index (χ4n) is 6.22. The molecule has 4 fully saturated rings. The van der Waals surface area contributed by atoms with E-state index in [0.29, 0.717) is 12.6 Å². The summed E-state index contributed by atoms with van der Waals surface area (Å²) >= 11 is 0. The fourth-order valence-corrected chi connectivity index (χ4v) is 6.22. The summed E-state index contributed by atoms with van der Waals surface area (Å²) in [4.78, 5) is 34.3. The largest absolute Gasteiger partial charge is 0.450 e. The molecule has 0 bridgehead atoms. The molecular weight excluding hydrogens is 461 g/mol. The Morgan fingerprint density at radius 1 is 1.06 bits per heavy atom. The highest BCUT2D eigenvalue weighted by Gasteiger charge is 2.51. The lowest BCUT2D eigenvalue weighted by atomic mass is 9.78. The van der Waals surface area contributed by atoms with E-state index in [-0.39, 0.29) is 17.3 Å². The monoisotopic (exact) mass is 495 g/mol. The van der Waals surface area contributed by atoms with Crippen LogP contribution in [0.1, 0.15) is 32.6 Å². The van der Waals surface area contributed by atoms with E-state index in [1.165, 1.54) is 25.5 Å². The van der Waals surface area contributed by atoms with Gasteiger partial charge in [-0.15, -0.1) is 0 Å². The Balaban J connectivity index is 1.08. The Labute approximate surface area is 211 Å². The Bertz CT molecular complexity index is 1100. The van der Waals surface area contributed by atoms with E-state index in [1.54, 1.807) is 18.5 Å². The van der Waals surface area contributed by atoms with Gasteiger partial charge in [0.2, 0.25) is 5.95 Å². The van der Waals surface area contributed by atoms with Crippen molar-refractivity contribution in [2.75, 3.05) is 68.8 Å². The van der Waals surface area contributed by atoms with E-state index >= 15 is 0 Å². The summed E-state index contributed by atoms with van der Waals surface area (Å²) < 4.78 is 19.3. The molecule has 2 aromatic heterocycles. The average Bonchev–Trinajstić information content (AvgIpc) is 3.29. The number of amides is 1. The molecule has 1 amide bonds. The summed E-state index contributed by atoms with van der Waals surface area (Å²) in [6, 6.07) is 2.10. The predicted octanol–water partition coefficient (Wildman–Crippen LogP) is 3.02. The fraction of sp³-hybridized carbons (Fsp3) is 0.615. The van der Waals surface area contributed by atoms with E-state index in [2.05, 4.69) is 29.7 Å². The molecule has 1 saturated carbocycles. The van der Waals surface area contributed by atoms with Crippen LogP contribution in [-0.4, -0.2) is 95.9 Å². The van der Waals surface area contributed by atoms with Gasteiger partial charge in [-0.1, -0.05) is 0 Å². The van der Waals surface area contributed by atoms with Gasteiger partial charge in [0.05, 0.1) is 12.8 Å². The van der Waals surface area contributed by atoms with Crippen molar-refractivity contribution in [3.8, 4) is 11.1 Å². The Kier molecular flexibility index (Phi) is 6.15. The van der Waals surface area contributed by atoms with Gasteiger partial charge in [-0.3, -0.25) is 4.90 Å². The van der Waals surface area contributed by atoms with Gasteiger partial charge < -0.3 is 19.4 Å². The number of aromatic nitrogens is 3. The van der Waals surface area contributed by atoms with E-state index in [0.717, 1.165) is 81.7 Å². The zero-order valence-electron chi connectivity index (χ0n) is 20.9. The van der Waals surface area contributed by atoms with E-state index in [9.17, 15) is 9.18 Å². The van der Waals surface area contributed by atoms with Crippen LogP contribution in [0.15, 0.2) is 24.7 Å². The predicted molar refractivity (Wildman–Crippen MR) is 135 cm³/mol. The highest BCUT2D eigenvalue weighted by Crippen LogP contribution is 2.47. The Hall–Kier alpha value is -3.01. The SMILES string of the molecule is CCOC(=O)N1CC2(CC[C@@H](N3CCN(c4ncc(F)cc4-c4cnc(N5CCC5)nc4)CC3)C2)C1. The molecule has 1 aliphatic carbocycles. The van der Waals surface area contributed by atoms with Crippen LogP contribution in [0.25, 0.3) is 11.1 Å². The van der Waals surface area contributed by atoms with Crippen LogP contribution in [0.5, 0.6) is 0 Å². The zero-order chi connectivity index (χ0) is 24.7. The number of rotatable bonds is 5. The molecular formula is C26H34FN7O2. The highest BCUT2D eigenvalue weighted by molar-refractivity contribution is 5.75. The molecule has 1 spiro atoms. The minimum absolute atomic E-state index is 0.177. The van der Waals surface area contributed by atoms with Crippen molar-refractivity contribution in [1.82, 2.24) is 24.8 Å². The third-order valence-corrected chi connectivity index (χ3v) is 8.31. The molecule has 2 aromatic rings. The maximum absolute atomic E-state index is 14.2. The summed E-state index contributed by atoms with van der Waals surface area (Å²) in [5.74, 6) is 1.17. The molecule has 1 atom stereocenters. The molecule has 192 valence electrons. The molecule has 36 heavy (non-hydrogen) atoms. The van der Waals surface area contributed by atoms with Crippen LogP contribution in [0.2, 0.25) is 0 Å². The van der Waals surface area contributed by atoms with Gasteiger partial charge >= 0.3 is 6.09 Å². The number of ether oxygens (including phenoxy) is 1. The maximum atomic E-state index is 14.2. The van der Waals surface area contributed by atoms with Gasteiger partial charge in [-0.2, -0.15) is 0 Å². The van der Waals surface area contributed by atoms with Gasteiger partial charge in [0, 0.05) is 87.3 Å². The van der Waals surface area contributed by atoms with E-state index in [1.807, 2.05) is 11.8 Å². The van der Waals surface area contributed by atoms with Gasteiger partial charge in [-0.25, -0.2) is 24.1 Å². The Morgan fingerprint density at radius 3 is 2.47 bits per heavy atom. The van der Waals surface area contributed by atoms with Crippen molar-refractivity contribution in [1.29, 1.82) is 0 Å². The number of hydrogen-bond donors (Lipinski definition) is 0. The normalized spacial score (nSPS) is 23.5. The molecule has 3 saturated heterocycles. The standard InChI is InChI=1S/C26H34FN7O2/c1-2-36-25(35)34-17-26(18-34)5-4-21(13-26)31-8-10-32(11-9-31)23-22(12-20(27)16-28-23)19-14-29-24(30-15-19)33-6-3-7-33/h12,14-16,21H,2-11,13,17-18H2,1H3/t21-/m1/s1. The van der Waals surface area contributed by atoms with Crippen molar-refractivity contribution >= 4 is 17.9 Å². The summed E-state index contributed by atoms with van der Waals surface area (Å²) in [7, 11) is 0.